The lowest BCUT2D eigenvalue weighted by Gasteiger charge is -2.04. The Labute approximate surface area is 92.6 Å². The molecule has 0 fully saturated rings. The lowest BCUT2D eigenvalue weighted by Crippen LogP contribution is -1.97. The molecule has 0 aliphatic carbocycles. The van der Waals surface area contributed by atoms with Gasteiger partial charge in [0.15, 0.2) is 0 Å². The summed E-state index contributed by atoms with van der Waals surface area (Å²) >= 11 is 0. The number of benzene rings is 1. The Bertz CT molecular complexity index is 627. The summed E-state index contributed by atoms with van der Waals surface area (Å²) in [4.78, 5) is 11.2. The molecule has 0 amide bonds. The van der Waals surface area contributed by atoms with Gasteiger partial charge >= 0.3 is 5.63 Å². The molecule has 1 aromatic heterocycles. The van der Waals surface area contributed by atoms with Gasteiger partial charge in [-0.1, -0.05) is 0 Å². The molecule has 0 aliphatic rings. The third kappa shape index (κ3) is 1.74. The van der Waals surface area contributed by atoms with Gasteiger partial charge in [0.05, 0.1) is 5.69 Å². The number of hydrogen-bond donors (Lipinski definition) is 0. The van der Waals surface area contributed by atoms with E-state index in [2.05, 4.69) is 10.2 Å². The highest BCUT2D eigenvalue weighted by Crippen LogP contribution is 2.26. The number of hydrogen-bond acceptors (Lipinski definition) is 4. The normalized spacial score (nSPS) is 11.4. The highest BCUT2D eigenvalue weighted by molar-refractivity contribution is 5.84. The molecule has 0 saturated carbocycles. The van der Waals surface area contributed by atoms with Crippen molar-refractivity contribution >= 4 is 16.7 Å². The standard InChI is InChI=1S/C12H12N2O2/c1-7-5-12(15)16-11-6-10(14-13-3)8(2)4-9(7)11/h4-6H,1-3H3. The minimum absolute atomic E-state index is 0.340. The first-order valence-electron chi connectivity index (χ1n) is 4.97. The van der Waals surface area contributed by atoms with E-state index in [0.717, 1.165) is 22.2 Å². The maximum atomic E-state index is 11.2. The Kier molecular flexibility index (Phi) is 2.56. The van der Waals surface area contributed by atoms with Crippen LogP contribution in [0, 0.1) is 13.8 Å². The number of nitrogens with zero attached hydrogens (tertiary/aromatic N) is 2. The van der Waals surface area contributed by atoms with Gasteiger partial charge in [-0.25, -0.2) is 4.79 Å². The summed E-state index contributed by atoms with van der Waals surface area (Å²) in [5.41, 5.74) is 2.86. The van der Waals surface area contributed by atoms with Crippen LogP contribution in [-0.2, 0) is 0 Å². The molecular formula is C12H12N2O2. The lowest BCUT2D eigenvalue weighted by molar-refractivity contribution is 0.560. The summed E-state index contributed by atoms with van der Waals surface area (Å²) in [7, 11) is 1.61. The molecule has 0 atom stereocenters. The van der Waals surface area contributed by atoms with Gasteiger partial charge in [-0.05, 0) is 31.0 Å². The molecule has 16 heavy (non-hydrogen) atoms. The van der Waals surface area contributed by atoms with Crippen LogP contribution >= 0.6 is 0 Å². The fourth-order valence-corrected chi connectivity index (χ4v) is 1.68. The first-order chi connectivity index (χ1) is 7.61. The average Bonchev–Trinajstić information content (AvgIpc) is 2.21. The van der Waals surface area contributed by atoms with Crippen molar-refractivity contribution in [1.82, 2.24) is 0 Å². The van der Waals surface area contributed by atoms with Gasteiger partial charge in [-0.15, -0.1) is 0 Å². The van der Waals surface area contributed by atoms with Crippen LogP contribution in [0.1, 0.15) is 11.1 Å². The molecule has 2 rings (SSSR count). The number of aryl methyl sites for hydroxylation is 2. The van der Waals surface area contributed by atoms with Crippen LogP contribution in [0.4, 0.5) is 5.69 Å². The van der Waals surface area contributed by atoms with E-state index in [1.807, 2.05) is 19.9 Å². The van der Waals surface area contributed by atoms with Gasteiger partial charge in [0.2, 0.25) is 0 Å². The summed E-state index contributed by atoms with van der Waals surface area (Å²) < 4.78 is 5.13. The topological polar surface area (TPSA) is 54.9 Å². The summed E-state index contributed by atoms with van der Waals surface area (Å²) in [6.07, 6.45) is 0. The summed E-state index contributed by atoms with van der Waals surface area (Å²) in [6.45, 7) is 3.84. The van der Waals surface area contributed by atoms with Gasteiger partial charge < -0.3 is 4.42 Å². The minimum atomic E-state index is -0.340. The highest BCUT2D eigenvalue weighted by atomic mass is 16.4. The van der Waals surface area contributed by atoms with Crippen LogP contribution in [0.15, 0.2) is 37.6 Å². The molecule has 1 heterocycles. The highest BCUT2D eigenvalue weighted by Gasteiger charge is 2.06. The van der Waals surface area contributed by atoms with Gasteiger partial charge in [0, 0.05) is 24.6 Å². The van der Waals surface area contributed by atoms with Crippen molar-refractivity contribution in [2.24, 2.45) is 10.2 Å². The first kappa shape index (κ1) is 10.5. The van der Waals surface area contributed by atoms with E-state index in [0.29, 0.717) is 5.58 Å². The predicted octanol–water partition coefficient (Wildman–Crippen LogP) is 3.12. The monoisotopic (exact) mass is 216 g/mol. The van der Waals surface area contributed by atoms with Crippen LogP contribution in [0.2, 0.25) is 0 Å². The molecule has 0 N–H and O–H groups in total. The number of fused-ring (bicyclic) bond motifs is 1. The molecule has 4 heteroatoms. The molecule has 1 aromatic carbocycles. The third-order valence-electron chi connectivity index (χ3n) is 2.48. The van der Waals surface area contributed by atoms with Gasteiger partial charge in [-0.3, -0.25) is 0 Å². The molecule has 0 bridgehead atoms. The SMILES string of the molecule is CN=Nc1cc2oc(=O)cc(C)c2cc1C. The van der Waals surface area contributed by atoms with Crippen LogP contribution in [-0.4, -0.2) is 7.05 Å². The zero-order valence-electron chi connectivity index (χ0n) is 9.44. The molecule has 82 valence electrons. The van der Waals surface area contributed by atoms with E-state index < -0.39 is 0 Å². The molecule has 0 radical (unpaired) electrons. The van der Waals surface area contributed by atoms with Crippen LogP contribution < -0.4 is 5.63 Å². The smallest absolute Gasteiger partial charge is 0.336 e. The number of rotatable bonds is 1. The van der Waals surface area contributed by atoms with Crippen molar-refractivity contribution in [2.45, 2.75) is 13.8 Å². The average molecular weight is 216 g/mol. The fourth-order valence-electron chi connectivity index (χ4n) is 1.68. The quantitative estimate of drug-likeness (QED) is 0.543. The first-order valence-corrected chi connectivity index (χ1v) is 4.97. The maximum absolute atomic E-state index is 11.2. The Morgan fingerprint density at radius 2 is 1.88 bits per heavy atom. The maximum Gasteiger partial charge on any atom is 0.336 e. The van der Waals surface area contributed by atoms with Crippen LogP contribution in [0.3, 0.4) is 0 Å². The molecule has 0 aliphatic heterocycles. The van der Waals surface area contributed by atoms with Crippen molar-refractivity contribution in [3.05, 3.63) is 39.7 Å². The summed E-state index contributed by atoms with van der Waals surface area (Å²) in [5.74, 6) is 0. The van der Waals surface area contributed by atoms with Gasteiger partial charge in [-0.2, -0.15) is 10.2 Å². The van der Waals surface area contributed by atoms with E-state index >= 15 is 0 Å². The second-order valence-corrected chi connectivity index (χ2v) is 3.68. The van der Waals surface area contributed by atoms with E-state index in [-0.39, 0.29) is 5.63 Å². The van der Waals surface area contributed by atoms with Crippen molar-refractivity contribution in [3.63, 3.8) is 0 Å². The minimum Gasteiger partial charge on any atom is -0.423 e. The molecule has 2 aromatic rings. The Balaban J connectivity index is 2.84. The summed E-state index contributed by atoms with van der Waals surface area (Å²) in [5, 5.41) is 8.64. The van der Waals surface area contributed by atoms with Crippen molar-refractivity contribution in [1.29, 1.82) is 0 Å². The Morgan fingerprint density at radius 1 is 1.12 bits per heavy atom. The van der Waals surface area contributed by atoms with E-state index in [1.54, 1.807) is 13.1 Å². The van der Waals surface area contributed by atoms with E-state index in [1.165, 1.54) is 6.07 Å². The second kappa shape index (κ2) is 3.89. The van der Waals surface area contributed by atoms with E-state index in [4.69, 9.17) is 4.42 Å². The van der Waals surface area contributed by atoms with Crippen LogP contribution in [0.25, 0.3) is 11.0 Å². The molecule has 0 saturated heterocycles. The molecule has 0 unspecified atom stereocenters. The molecule has 4 nitrogen and oxygen atoms in total. The molecular weight excluding hydrogens is 204 g/mol. The fraction of sp³-hybridized carbons (Fsp3) is 0.250. The largest absolute Gasteiger partial charge is 0.423 e. The third-order valence-corrected chi connectivity index (χ3v) is 2.48. The second-order valence-electron chi connectivity index (χ2n) is 3.68. The zero-order valence-corrected chi connectivity index (χ0v) is 9.44. The van der Waals surface area contributed by atoms with Crippen molar-refractivity contribution in [3.8, 4) is 0 Å². The van der Waals surface area contributed by atoms with E-state index in [9.17, 15) is 4.79 Å². The van der Waals surface area contributed by atoms with Crippen molar-refractivity contribution in [2.75, 3.05) is 7.05 Å². The van der Waals surface area contributed by atoms with Gasteiger partial charge in [0.25, 0.3) is 0 Å². The molecule has 0 spiro atoms. The van der Waals surface area contributed by atoms with Gasteiger partial charge in [0.1, 0.15) is 5.58 Å². The number of azo groups is 1. The summed E-state index contributed by atoms with van der Waals surface area (Å²) in [6, 6.07) is 5.19. The lowest BCUT2D eigenvalue weighted by atomic mass is 10.1. The zero-order chi connectivity index (χ0) is 11.7. The van der Waals surface area contributed by atoms with Crippen LogP contribution in [0.5, 0.6) is 0 Å². The Morgan fingerprint density at radius 3 is 2.56 bits per heavy atom. The van der Waals surface area contributed by atoms with Crippen molar-refractivity contribution < 1.29 is 4.42 Å². The Hall–Kier alpha value is -1.97. The predicted molar refractivity (Wildman–Crippen MR) is 62.4 cm³/mol.